The molecule has 0 atom stereocenters. The molecule has 0 bridgehead atoms. The minimum Gasteiger partial charge on any atom is -0.339 e. The number of nitrogens with zero attached hydrogens (tertiary/aromatic N) is 2. The second-order valence-electron chi connectivity index (χ2n) is 6.91. The van der Waals surface area contributed by atoms with E-state index < -0.39 is 11.9 Å². The Bertz CT molecular complexity index is 720. The van der Waals surface area contributed by atoms with Crippen LogP contribution in [-0.4, -0.2) is 28.9 Å². The van der Waals surface area contributed by atoms with Crippen LogP contribution >= 0.6 is 0 Å². The van der Waals surface area contributed by atoms with Gasteiger partial charge in [0.2, 0.25) is 0 Å². The largest absolute Gasteiger partial charge is 0.433 e. The fourth-order valence-electron chi connectivity index (χ4n) is 3.01. The molecule has 1 aromatic heterocycles. The fourth-order valence-corrected chi connectivity index (χ4v) is 3.01. The van der Waals surface area contributed by atoms with Crippen molar-refractivity contribution in [2.45, 2.75) is 51.6 Å². The van der Waals surface area contributed by atoms with Crippen LogP contribution < -0.4 is 0 Å². The highest BCUT2D eigenvalue weighted by atomic mass is 19.4. The van der Waals surface area contributed by atoms with Gasteiger partial charge in [0.05, 0.1) is 5.56 Å². The third-order valence-corrected chi connectivity index (χ3v) is 4.85. The lowest BCUT2D eigenvalue weighted by atomic mass is 9.89. The summed E-state index contributed by atoms with van der Waals surface area (Å²) < 4.78 is 37.6. The molecule has 0 radical (unpaired) electrons. The van der Waals surface area contributed by atoms with E-state index in [2.05, 4.69) is 31.0 Å². The van der Waals surface area contributed by atoms with Gasteiger partial charge in [0.1, 0.15) is 5.69 Å². The first-order valence-electron chi connectivity index (χ1n) is 9.74. The van der Waals surface area contributed by atoms with Crippen LogP contribution in [0.5, 0.6) is 0 Å². The first kappa shape index (κ1) is 21.9. The zero-order valence-electron chi connectivity index (χ0n) is 16.4. The molecule has 0 saturated carbocycles. The number of hydrogen-bond acceptors (Lipinski definition) is 2. The minimum atomic E-state index is -4.49. The Hall–Kier alpha value is -2.37. The van der Waals surface area contributed by atoms with E-state index in [0.717, 1.165) is 25.1 Å². The van der Waals surface area contributed by atoms with E-state index in [1.54, 1.807) is 4.90 Å². The molecule has 1 amide bonds. The van der Waals surface area contributed by atoms with E-state index in [0.29, 0.717) is 19.0 Å². The van der Waals surface area contributed by atoms with Gasteiger partial charge in [0.25, 0.3) is 5.91 Å². The van der Waals surface area contributed by atoms with Gasteiger partial charge in [-0.25, -0.2) is 0 Å². The number of piperidine rings is 1. The van der Waals surface area contributed by atoms with E-state index in [-0.39, 0.29) is 11.5 Å². The van der Waals surface area contributed by atoms with E-state index in [4.69, 9.17) is 0 Å². The second kappa shape index (κ2) is 10.2. The van der Waals surface area contributed by atoms with Crippen molar-refractivity contribution >= 4 is 5.91 Å². The topological polar surface area (TPSA) is 33.2 Å². The Balaban J connectivity index is 0.000000640. The molecular formula is C22H27F3N2O. The lowest BCUT2D eigenvalue weighted by Gasteiger charge is -2.32. The van der Waals surface area contributed by atoms with Crippen molar-refractivity contribution in [2.75, 3.05) is 13.1 Å². The molecule has 152 valence electrons. The molecule has 1 aliphatic heterocycles. The molecule has 6 heteroatoms. The number of rotatable bonds is 3. The SMILES string of the molecule is CCCC.O=C(c1ccc(C(F)(F)F)nc1)N1CCC(c2ccccc2)CC1. The normalized spacial score (nSPS) is 15.0. The molecule has 3 nitrogen and oxygen atoms in total. The van der Waals surface area contributed by atoms with Gasteiger partial charge >= 0.3 is 6.18 Å². The number of carbonyl (C=O) groups is 1. The lowest BCUT2D eigenvalue weighted by molar-refractivity contribution is -0.141. The van der Waals surface area contributed by atoms with Gasteiger partial charge in [-0.2, -0.15) is 13.2 Å². The van der Waals surface area contributed by atoms with Crippen LogP contribution in [0.4, 0.5) is 13.2 Å². The van der Waals surface area contributed by atoms with Crippen LogP contribution in [0.3, 0.4) is 0 Å². The van der Waals surface area contributed by atoms with Crippen LogP contribution in [0.15, 0.2) is 48.7 Å². The fraction of sp³-hybridized carbons (Fsp3) is 0.455. The average molecular weight is 392 g/mol. The van der Waals surface area contributed by atoms with Gasteiger partial charge in [-0.3, -0.25) is 9.78 Å². The average Bonchev–Trinajstić information content (AvgIpc) is 2.73. The number of hydrogen-bond donors (Lipinski definition) is 0. The molecule has 0 N–H and O–H groups in total. The third kappa shape index (κ3) is 6.08. The summed E-state index contributed by atoms with van der Waals surface area (Å²) in [6.45, 7) is 5.55. The predicted molar refractivity (Wildman–Crippen MR) is 104 cm³/mol. The Kier molecular flexibility index (Phi) is 8.03. The number of amides is 1. The summed E-state index contributed by atoms with van der Waals surface area (Å²) in [5.41, 5.74) is 0.476. The molecule has 1 saturated heterocycles. The zero-order chi connectivity index (χ0) is 20.6. The lowest BCUT2D eigenvalue weighted by Crippen LogP contribution is -2.38. The molecule has 0 spiro atoms. The van der Waals surface area contributed by atoms with Crippen molar-refractivity contribution in [3.8, 4) is 0 Å². The van der Waals surface area contributed by atoms with Crippen molar-refractivity contribution in [2.24, 2.45) is 0 Å². The van der Waals surface area contributed by atoms with E-state index in [1.807, 2.05) is 18.2 Å². The maximum atomic E-state index is 12.5. The molecule has 3 rings (SSSR count). The summed E-state index contributed by atoms with van der Waals surface area (Å²) in [7, 11) is 0. The van der Waals surface area contributed by atoms with Gasteiger partial charge in [0, 0.05) is 19.3 Å². The van der Waals surface area contributed by atoms with Crippen LogP contribution in [0, 0.1) is 0 Å². The molecule has 28 heavy (non-hydrogen) atoms. The summed E-state index contributed by atoms with van der Waals surface area (Å²) in [5.74, 6) is 0.156. The van der Waals surface area contributed by atoms with Crippen molar-refractivity contribution in [1.29, 1.82) is 0 Å². The molecule has 0 unspecified atom stereocenters. The van der Waals surface area contributed by atoms with E-state index in [9.17, 15) is 18.0 Å². The number of carbonyl (C=O) groups excluding carboxylic acids is 1. The maximum Gasteiger partial charge on any atom is 0.433 e. The van der Waals surface area contributed by atoms with Gasteiger partial charge in [-0.05, 0) is 36.5 Å². The quantitative estimate of drug-likeness (QED) is 0.649. The number of unbranched alkanes of at least 4 members (excludes halogenated alkanes) is 1. The summed E-state index contributed by atoms with van der Waals surface area (Å²) in [4.78, 5) is 17.4. The Labute approximate surface area is 164 Å². The summed E-state index contributed by atoms with van der Waals surface area (Å²) in [6.07, 6.45) is 0.859. The van der Waals surface area contributed by atoms with Gasteiger partial charge in [-0.1, -0.05) is 57.0 Å². The summed E-state index contributed by atoms with van der Waals surface area (Å²) in [6, 6.07) is 12.2. The van der Waals surface area contributed by atoms with Crippen molar-refractivity contribution in [3.63, 3.8) is 0 Å². The zero-order valence-corrected chi connectivity index (χ0v) is 16.4. The molecular weight excluding hydrogens is 365 g/mol. The van der Waals surface area contributed by atoms with E-state index in [1.165, 1.54) is 24.5 Å². The second-order valence-corrected chi connectivity index (χ2v) is 6.91. The highest BCUT2D eigenvalue weighted by Gasteiger charge is 2.32. The third-order valence-electron chi connectivity index (χ3n) is 4.85. The van der Waals surface area contributed by atoms with Crippen LogP contribution in [-0.2, 0) is 6.18 Å². The Morgan fingerprint density at radius 2 is 1.64 bits per heavy atom. The van der Waals surface area contributed by atoms with Crippen LogP contribution in [0.25, 0.3) is 0 Å². The molecule has 2 aromatic rings. The molecule has 2 heterocycles. The van der Waals surface area contributed by atoms with Gasteiger partial charge in [-0.15, -0.1) is 0 Å². The van der Waals surface area contributed by atoms with Crippen LogP contribution in [0.2, 0.25) is 0 Å². The Morgan fingerprint density at radius 1 is 1.04 bits per heavy atom. The van der Waals surface area contributed by atoms with Gasteiger partial charge in [0.15, 0.2) is 0 Å². The highest BCUT2D eigenvalue weighted by Crippen LogP contribution is 2.29. The molecule has 1 aromatic carbocycles. The molecule has 0 aliphatic carbocycles. The number of halogens is 3. The van der Waals surface area contributed by atoms with Crippen molar-refractivity contribution < 1.29 is 18.0 Å². The molecule has 1 fully saturated rings. The van der Waals surface area contributed by atoms with E-state index >= 15 is 0 Å². The number of benzene rings is 1. The van der Waals surface area contributed by atoms with Crippen LogP contribution in [0.1, 0.15) is 67.1 Å². The smallest absolute Gasteiger partial charge is 0.339 e. The standard InChI is InChI=1S/C18H17F3N2O.C4H10/c19-18(20,21)16-7-6-15(12-22-16)17(24)23-10-8-14(9-11-23)13-4-2-1-3-5-13;1-3-4-2/h1-7,12,14H,8-11H2;3-4H2,1-2H3. The first-order valence-corrected chi connectivity index (χ1v) is 9.74. The minimum absolute atomic E-state index is 0.196. The monoisotopic (exact) mass is 392 g/mol. The maximum absolute atomic E-state index is 12.5. The Morgan fingerprint density at radius 3 is 2.11 bits per heavy atom. The van der Waals surface area contributed by atoms with Crippen molar-refractivity contribution in [3.05, 3.63) is 65.5 Å². The number of aromatic nitrogens is 1. The predicted octanol–water partition coefficient (Wildman–Crippen LogP) is 5.93. The highest BCUT2D eigenvalue weighted by molar-refractivity contribution is 5.94. The number of pyridine rings is 1. The van der Waals surface area contributed by atoms with Crippen molar-refractivity contribution in [1.82, 2.24) is 9.88 Å². The summed E-state index contributed by atoms with van der Waals surface area (Å²) >= 11 is 0. The summed E-state index contributed by atoms with van der Waals surface area (Å²) in [5, 5.41) is 0. The molecule has 1 aliphatic rings. The number of likely N-dealkylation sites (tertiary alicyclic amines) is 1. The number of alkyl halides is 3. The van der Waals surface area contributed by atoms with Gasteiger partial charge < -0.3 is 4.90 Å². The first-order chi connectivity index (χ1) is 13.4.